The number of unbranched alkanes of at least 4 members (excludes halogenated alkanes) is 3. The summed E-state index contributed by atoms with van der Waals surface area (Å²) in [6, 6.07) is 1.59. The van der Waals surface area contributed by atoms with Crippen molar-refractivity contribution in [3.05, 3.63) is 0 Å². The maximum absolute atomic E-state index is 3.57. The van der Waals surface area contributed by atoms with Gasteiger partial charge in [0.1, 0.15) is 0 Å². The average Bonchev–Trinajstić information content (AvgIpc) is 3.05. The van der Waals surface area contributed by atoms with Crippen molar-refractivity contribution in [1.29, 1.82) is 0 Å². The van der Waals surface area contributed by atoms with Gasteiger partial charge in [0.2, 0.25) is 0 Å². The standard InChI is InChI=1S/C13H28N2/c1-4-5-6-7-10-14-11-12(2)15(3)13-8-9-13/h12-14H,4-11H2,1-3H3. The van der Waals surface area contributed by atoms with Crippen molar-refractivity contribution >= 4 is 0 Å². The van der Waals surface area contributed by atoms with Crippen molar-refractivity contribution in [3.63, 3.8) is 0 Å². The first kappa shape index (κ1) is 13.0. The lowest BCUT2D eigenvalue weighted by Gasteiger charge is -2.24. The molecule has 0 heterocycles. The predicted octanol–water partition coefficient (Wildman–Crippen LogP) is 2.64. The number of rotatable bonds is 9. The van der Waals surface area contributed by atoms with E-state index in [0.29, 0.717) is 6.04 Å². The van der Waals surface area contributed by atoms with Crippen molar-refractivity contribution in [2.24, 2.45) is 0 Å². The fourth-order valence-electron chi connectivity index (χ4n) is 1.97. The van der Waals surface area contributed by atoms with E-state index in [0.717, 1.165) is 12.6 Å². The molecule has 0 saturated heterocycles. The molecule has 1 saturated carbocycles. The Labute approximate surface area is 95.4 Å². The van der Waals surface area contributed by atoms with Crippen LogP contribution >= 0.6 is 0 Å². The zero-order valence-corrected chi connectivity index (χ0v) is 10.8. The molecule has 1 unspecified atom stereocenters. The van der Waals surface area contributed by atoms with Gasteiger partial charge in [-0.25, -0.2) is 0 Å². The smallest absolute Gasteiger partial charge is 0.0192 e. The molecular weight excluding hydrogens is 184 g/mol. The van der Waals surface area contributed by atoms with Gasteiger partial charge in [0.25, 0.3) is 0 Å². The van der Waals surface area contributed by atoms with E-state index >= 15 is 0 Å². The van der Waals surface area contributed by atoms with Crippen LogP contribution < -0.4 is 5.32 Å². The van der Waals surface area contributed by atoms with Crippen LogP contribution in [0.25, 0.3) is 0 Å². The molecule has 0 aromatic rings. The summed E-state index contributed by atoms with van der Waals surface area (Å²) in [5.41, 5.74) is 0. The van der Waals surface area contributed by atoms with Gasteiger partial charge in [0.05, 0.1) is 0 Å². The molecule has 0 amide bonds. The molecule has 0 aliphatic heterocycles. The third-order valence-corrected chi connectivity index (χ3v) is 3.46. The zero-order valence-electron chi connectivity index (χ0n) is 10.8. The molecule has 1 N–H and O–H groups in total. The number of hydrogen-bond acceptors (Lipinski definition) is 2. The van der Waals surface area contributed by atoms with Gasteiger partial charge < -0.3 is 5.32 Å². The van der Waals surface area contributed by atoms with Crippen LogP contribution in [-0.4, -0.2) is 37.1 Å². The Morgan fingerprint density at radius 3 is 2.60 bits per heavy atom. The molecule has 2 heteroatoms. The minimum Gasteiger partial charge on any atom is -0.315 e. The van der Waals surface area contributed by atoms with Crippen LogP contribution in [-0.2, 0) is 0 Å². The monoisotopic (exact) mass is 212 g/mol. The Hall–Kier alpha value is -0.0800. The molecule has 1 aliphatic carbocycles. The molecule has 90 valence electrons. The van der Waals surface area contributed by atoms with Gasteiger partial charge in [-0.2, -0.15) is 0 Å². The van der Waals surface area contributed by atoms with Crippen molar-refractivity contribution in [1.82, 2.24) is 10.2 Å². The van der Waals surface area contributed by atoms with Crippen molar-refractivity contribution in [3.8, 4) is 0 Å². The lowest BCUT2D eigenvalue weighted by Crippen LogP contribution is -2.39. The van der Waals surface area contributed by atoms with Crippen molar-refractivity contribution in [2.75, 3.05) is 20.1 Å². The molecule has 15 heavy (non-hydrogen) atoms. The second-order valence-corrected chi connectivity index (χ2v) is 5.01. The fourth-order valence-corrected chi connectivity index (χ4v) is 1.97. The maximum Gasteiger partial charge on any atom is 0.0192 e. The van der Waals surface area contributed by atoms with Crippen molar-refractivity contribution < 1.29 is 0 Å². The Morgan fingerprint density at radius 1 is 1.27 bits per heavy atom. The summed E-state index contributed by atoms with van der Waals surface area (Å²) in [7, 11) is 2.26. The van der Waals surface area contributed by atoms with Crippen LogP contribution in [0.15, 0.2) is 0 Å². The minimum atomic E-state index is 0.698. The van der Waals surface area contributed by atoms with Gasteiger partial charge in [-0.15, -0.1) is 0 Å². The second-order valence-electron chi connectivity index (χ2n) is 5.01. The van der Waals surface area contributed by atoms with Crippen molar-refractivity contribution in [2.45, 2.75) is 64.5 Å². The summed E-state index contributed by atoms with van der Waals surface area (Å²) in [6.07, 6.45) is 8.28. The van der Waals surface area contributed by atoms with Gasteiger partial charge >= 0.3 is 0 Å². The van der Waals surface area contributed by atoms with E-state index in [1.54, 1.807) is 0 Å². The van der Waals surface area contributed by atoms with Crippen LogP contribution in [0.5, 0.6) is 0 Å². The van der Waals surface area contributed by atoms with E-state index in [-0.39, 0.29) is 0 Å². The highest BCUT2D eigenvalue weighted by atomic mass is 15.2. The van der Waals surface area contributed by atoms with E-state index in [4.69, 9.17) is 0 Å². The summed E-state index contributed by atoms with van der Waals surface area (Å²) in [5.74, 6) is 0. The predicted molar refractivity (Wildman–Crippen MR) is 67.3 cm³/mol. The lowest BCUT2D eigenvalue weighted by atomic mass is 10.2. The highest BCUT2D eigenvalue weighted by Crippen LogP contribution is 2.26. The van der Waals surface area contributed by atoms with E-state index in [1.165, 1.54) is 45.1 Å². The van der Waals surface area contributed by atoms with Gasteiger partial charge in [0.15, 0.2) is 0 Å². The maximum atomic E-state index is 3.57. The SMILES string of the molecule is CCCCCCNCC(C)N(C)C1CC1. The number of hydrogen-bond donors (Lipinski definition) is 1. The van der Waals surface area contributed by atoms with E-state index in [1.807, 2.05) is 0 Å². The van der Waals surface area contributed by atoms with Crippen LogP contribution in [0.2, 0.25) is 0 Å². The van der Waals surface area contributed by atoms with E-state index in [9.17, 15) is 0 Å². The molecule has 0 aromatic heterocycles. The summed E-state index contributed by atoms with van der Waals surface area (Å²) in [6.45, 7) is 6.94. The molecule has 0 aromatic carbocycles. The third-order valence-electron chi connectivity index (χ3n) is 3.46. The normalized spacial score (nSPS) is 18.4. The second kappa shape index (κ2) is 7.24. The Morgan fingerprint density at radius 2 is 2.00 bits per heavy atom. The average molecular weight is 212 g/mol. The first-order valence-electron chi connectivity index (χ1n) is 6.68. The van der Waals surface area contributed by atoms with E-state index < -0.39 is 0 Å². The highest BCUT2D eigenvalue weighted by molar-refractivity contribution is 4.85. The Balaban J connectivity index is 1.89. The molecule has 1 rings (SSSR count). The van der Waals surface area contributed by atoms with Crippen LogP contribution in [0.1, 0.15) is 52.4 Å². The summed E-state index contributed by atoms with van der Waals surface area (Å²) in [4.78, 5) is 2.53. The highest BCUT2D eigenvalue weighted by Gasteiger charge is 2.28. The molecule has 1 fully saturated rings. The third kappa shape index (κ3) is 5.53. The summed E-state index contributed by atoms with van der Waals surface area (Å²) < 4.78 is 0. The number of nitrogens with one attached hydrogen (secondary N) is 1. The largest absolute Gasteiger partial charge is 0.315 e. The molecule has 1 aliphatic rings. The number of likely N-dealkylation sites (N-methyl/N-ethyl adjacent to an activating group) is 1. The summed E-state index contributed by atoms with van der Waals surface area (Å²) >= 11 is 0. The van der Waals surface area contributed by atoms with Gasteiger partial charge in [0, 0.05) is 18.6 Å². The first-order chi connectivity index (χ1) is 7.25. The quantitative estimate of drug-likeness (QED) is 0.591. The first-order valence-corrected chi connectivity index (χ1v) is 6.68. The lowest BCUT2D eigenvalue weighted by molar-refractivity contribution is 0.241. The summed E-state index contributed by atoms with van der Waals surface area (Å²) in [5, 5.41) is 3.57. The zero-order chi connectivity index (χ0) is 11.1. The topological polar surface area (TPSA) is 15.3 Å². The van der Waals surface area contributed by atoms with Crippen LogP contribution in [0, 0.1) is 0 Å². The minimum absolute atomic E-state index is 0.698. The molecule has 0 bridgehead atoms. The molecule has 1 atom stereocenters. The fraction of sp³-hybridized carbons (Fsp3) is 1.00. The van der Waals surface area contributed by atoms with Crippen LogP contribution in [0.4, 0.5) is 0 Å². The Kier molecular flexibility index (Phi) is 6.26. The van der Waals surface area contributed by atoms with Gasteiger partial charge in [-0.1, -0.05) is 26.2 Å². The molecule has 0 radical (unpaired) electrons. The molecule has 0 spiro atoms. The van der Waals surface area contributed by atoms with Crippen LogP contribution in [0.3, 0.4) is 0 Å². The van der Waals surface area contributed by atoms with Gasteiger partial charge in [-0.3, -0.25) is 4.90 Å². The molecular formula is C13H28N2. The Bertz CT molecular complexity index is 155. The number of nitrogens with zero attached hydrogens (tertiary/aromatic N) is 1. The van der Waals surface area contributed by atoms with E-state index in [2.05, 4.69) is 31.1 Å². The van der Waals surface area contributed by atoms with Gasteiger partial charge in [-0.05, 0) is 39.8 Å². The molecule has 2 nitrogen and oxygen atoms in total.